The van der Waals surface area contributed by atoms with E-state index in [1.165, 1.54) is 0 Å². The highest BCUT2D eigenvalue weighted by Crippen LogP contribution is 1.92. The number of rotatable bonds is 7. The quantitative estimate of drug-likeness (QED) is 0.329. The molecule has 0 bridgehead atoms. The topological polar surface area (TPSA) is 55.8 Å². The number of hydroxylamine groups is 2. The van der Waals surface area contributed by atoms with Gasteiger partial charge in [0.05, 0.1) is 26.2 Å². The minimum Gasteiger partial charge on any atom is -0.466 e. The minimum atomic E-state index is -0.325. The second-order valence-electron chi connectivity index (χ2n) is 2.22. The van der Waals surface area contributed by atoms with Crippen LogP contribution in [0, 0.1) is 0 Å². The average Bonchev–Trinajstić information content (AvgIpc) is 2.12. The molecule has 1 amide bonds. The molecule has 0 aromatic heterocycles. The Bertz CT molecular complexity index is 160. The van der Waals surface area contributed by atoms with Crippen LogP contribution in [0.3, 0.4) is 0 Å². The number of nitrogens with zero attached hydrogens (tertiary/aromatic N) is 1. The largest absolute Gasteiger partial charge is 0.466 e. The molecule has 0 aliphatic heterocycles. The van der Waals surface area contributed by atoms with Crippen LogP contribution in [0.2, 0.25) is 0 Å². The van der Waals surface area contributed by atoms with Crippen molar-refractivity contribution in [1.82, 2.24) is 5.06 Å². The lowest BCUT2D eigenvalue weighted by atomic mass is 10.4. The lowest BCUT2D eigenvalue weighted by molar-refractivity contribution is -0.172. The normalized spacial score (nSPS) is 9.38. The third kappa shape index (κ3) is 6.10. The first kappa shape index (κ1) is 11.9. The van der Waals surface area contributed by atoms with Gasteiger partial charge in [0.1, 0.15) is 0 Å². The van der Waals surface area contributed by atoms with Gasteiger partial charge in [-0.15, -0.1) is 0 Å². The summed E-state index contributed by atoms with van der Waals surface area (Å²) in [5.74, 6) is -0.325. The van der Waals surface area contributed by atoms with Crippen molar-refractivity contribution in [2.75, 3.05) is 19.8 Å². The van der Waals surface area contributed by atoms with Gasteiger partial charge in [0, 0.05) is 0 Å². The minimum absolute atomic E-state index is 0.159. The van der Waals surface area contributed by atoms with E-state index in [0.29, 0.717) is 19.6 Å². The van der Waals surface area contributed by atoms with Crippen LogP contribution in [0.4, 0.5) is 0 Å². The number of esters is 1. The zero-order valence-electron chi connectivity index (χ0n) is 7.99. The Morgan fingerprint density at radius 2 is 2.08 bits per heavy atom. The molecular formula is C8H15NO4. The SMILES string of the molecule is CCOC(=O)CCN(C=O)OCC. The van der Waals surface area contributed by atoms with Gasteiger partial charge in [-0.2, -0.15) is 0 Å². The first-order valence-electron chi connectivity index (χ1n) is 4.25. The zero-order valence-corrected chi connectivity index (χ0v) is 7.99. The highest BCUT2D eigenvalue weighted by atomic mass is 16.7. The van der Waals surface area contributed by atoms with Crippen molar-refractivity contribution < 1.29 is 19.2 Å². The van der Waals surface area contributed by atoms with E-state index in [1.54, 1.807) is 13.8 Å². The molecule has 0 saturated heterocycles. The van der Waals surface area contributed by atoms with Crippen molar-refractivity contribution in [3.8, 4) is 0 Å². The zero-order chi connectivity index (χ0) is 10.1. The van der Waals surface area contributed by atoms with Crippen LogP contribution in [0.25, 0.3) is 0 Å². The molecule has 0 heterocycles. The number of hydrogen-bond donors (Lipinski definition) is 0. The van der Waals surface area contributed by atoms with Crippen LogP contribution in [0.1, 0.15) is 20.3 Å². The fourth-order valence-electron chi connectivity index (χ4n) is 0.748. The molecule has 0 aliphatic rings. The summed E-state index contributed by atoms with van der Waals surface area (Å²) in [6.07, 6.45) is 0.704. The lowest BCUT2D eigenvalue weighted by Gasteiger charge is -2.14. The Morgan fingerprint density at radius 1 is 1.38 bits per heavy atom. The Morgan fingerprint density at radius 3 is 2.54 bits per heavy atom. The van der Waals surface area contributed by atoms with E-state index < -0.39 is 0 Å². The van der Waals surface area contributed by atoms with Crippen molar-refractivity contribution in [1.29, 1.82) is 0 Å². The van der Waals surface area contributed by atoms with E-state index in [9.17, 15) is 9.59 Å². The molecule has 0 atom stereocenters. The fraction of sp³-hybridized carbons (Fsp3) is 0.750. The third-order valence-electron chi connectivity index (χ3n) is 1.25. The van der Waals surface area contributed by atoms with Crippen molar-refractivity contribution in [2.24, 2.45) is 0 Å². The number of hydrogen-bond acceptors (Lipinski definition) is 4. The van der Waals surface area contributed by atoms with Gasteiger partial charge in [0.15, 0.2) is 0 Å². The molecule has 0 aromatic rings. The molecule has 0 rings (SSSR count). The molecule has 76 valence electrons. The van der Waals surface area contributed by atoms with Gasteiger partial charge in [-0.3, -0.25) is 14.4 Å². The van der Waals surface area contributed by atoms with E-state index in [-0.39, 0.29) is 18.9 Å². The molecule has 13 heavy (non-hydrogen) atoms. The van der Waals surface area contributed by atoms with Crippen LogP contribution in [-0.4, -0.2) is 37.2 Å². The van der Waals surface area contributed by atoms with Crippen LogP contribution >= 0.6 is 0 Å². The van der Waals surface area contributed by atoms with Crippen molar-refractivity contribution in [3.63, 3.8) is 0 Å². The number of ether oxygens (including phenoxy) is 1. The summed E-state index contributed by atoms with van der Waals surface area (Å²) in [7, 11) is 0. The maximum Gasteiger partial charge on any atom is 0.307 e. The summed E-state index contributed by atoms with van der Waals surface area (Å²) >= 11 is 0. The van der Waals surface area contributed by atoms with Gasteiger partial charge in [-0.25, -0.2) is 5.06 Å². The van der Waals surface area contributed by atoms with Crippen LogP contribution < -0.4 is 0 Å². The van der Waals surface area contributed by atoms with E-state index >= 15 is 0 Å². The molecule has 0 fully saturated rings. The molecule has 0 saturated carbocycles. The second kappa shape index (κ2) is 7.54. The van der Waals surface area contributed by atoms with Crippen molar-refractivity contribution >= 4 is 12.4 Å². The second-order valence-corrected chi connectivity index (χ2v) is 2.22. The standard InChI is InChI=1S/C8H15NO4/c1-3-12-8(11)5-6-9(7-10)13-4-2/h7H,3-6H2,1-2H3. The number of carbonyl (C=O) groups excluding carboxylic acids is 2. The predicted octanol–water partition coefficient (Wildman–Crippen LogP) is 0.349. The summed E-state index contributed by atoms with van der Waals surface area (Å²) in [5, 5.41) is 1.08. The Labute approximate surface area is 77.6 Å². The van der Waals surface area contributed by atoms with Gasteiger partial charge in [0.25, 0.3) is 0 Å². The molecule has 0 spiro atoms. The molecule has 5 heteroatoms. The van der Waals surface area contributed by atoms with Gasteiger partial charge < -0.3 is 4.74 Å². The fourth-order valence-corrected chi connectivity index (χ4v) is 0.748. The van der Waals surface area contributed by atoms with Crippen LogP contribution in [0.5, 0.6) is 0 Å². The Balaban J connectivity index is 3.58. The highest BCUT2D eigenvalue weighted by Gasteiger charge is 2.06. The van der Waals surface area contributed by atoms with E-state index in [0.717, 1.165) is 5.06 Å². The first-order chi connectivity index (χ1) is 6.24. The molecule has 0 N–H and O–H groups in total. The van der Waals surface area contributed by atoms with Crippen LogP contribution in [0.15, 0.2) is 0 Å². The number of carbonyl (C=O) groups is 2. The van der Waals surface area contributed by atoms with Crippen LogP contribution in [-0.2, 0) is 19.2 Å². The predicted molar refractivity (Wildman–Crippen MR) is 45.6 cm³/mol. The molecular weight excluding hydrogens is 174 g/mol. The van der Waals surface area contributed by atoms with Gasteiger partial charge in [-0.05, 0) is 13.8 Å². The Kier molecular flexibility index (Phi) is 6.91. The molecule has 0 aromatic carbocycles. The van der Waals surface area contributed by atoms with E-state index in [4.69, 9.17) is 4.84 Å². The summed E-state index contributed by atoms with van der Waals surface area (Å²) < 4.78 is 4.68. The summed E-state index contributed by atoms with van der Waals surface area (Å²) in [6, 6.07) is 0. The smallest absolute Gasteiger partial charge is 0.307 e. The average molecular weight is 189 g/mol. The summed E-state index contributed by atoms with van der Waals surface area (Å²) in [6.45, 7) is 4.49. The maximum absolute atomic E-state index is 10.8. The third-order valence-corrected chi connectivity index (χ3v) is 1.25. The summed E-state index contributed by atoms with van der Waals surface area (Å²) in [5.41, 5.74) is 0. The molecule has 0 radical (unpaired) electrons. The van der Waals surface area contributed by atoms with Crippen molar-refractivity contribution in [3.05, 3.63) is 0 Å². The number of amides is 1. The molecule has 0 unspecified atom stereocenters. The van der Waals surface area contributed by atoms with E-state index in [2.05, 4.69) is 4.74 Å². The van der Waals surface area contributed by atoms with Gasteiger partial charge in [-0.1, -0.05) is 0 Å². The highest BCUT2D eigenvalue weighted by molar-refractivity contribution is 5.69. The van der Waals surface area contributed by atoms with Crippen molar-refractivity contribution in [2.45, 2.75) is 20.3 Å². The maximum atomic E-state index is 10.8. The molecule has 5 nitrogen and oxygen atoms in total. The monoisotopic (exact) mass is 189 g/mol. The molecule has 0 aliphatic carbocycles. The lowest BCUT2D eigenvalue weighted by Crippen LogP contribution is -2.25. The first-order valence-corrected chi connectivity index (χ1v) is 4.25. The summed E-state index contributed by atoms with van der Waals surface area (Å²) in [4.78, 5) is 26.0. The Hall–Kier alpha value is -1.10. The van der Waals surface area contributed by atoms with E-state index in [1.807, 2.05) is 0 Å². The van der Waals surface area contributed by atoms with Gasteiger partial charge in [0.2, 0.25) is 6.41 Å². The van der Waals surface area contributed by atoms with Gasteiger partial charge >= 0.3 is 5.97 Å².